The maximum Gasteiger partial charge on any atom is 0.0845 e. The van der Waals surface area contributed by atoms with Gasteiger partial charge >= 0.3 is 0 Å². The Morgan fingerprint density at radius 2 is 2.50 bits per heavy atom. The van der Waals surface area contributed by atoms with Crippen LogP contribution in [0.15, 0.2) is 17.6 Å². The van der Waals surface area contributed by atoms with E-state index in [0.29, 0.717) is 0 Å². The third kappa shape index (κ3) is 0.727. The Bertz CT molecular complexity index is 351. The van der Waals surface area contributed by atoms with Gasteiger partial charge in [0.05, 0.1) is 10.2 Å². The summed E-state index contributed by atoms with van der Waals surface area (Å²) in [5, 5.41) is 2.11. The Morgan fingerprint density at radius 1 is 1.60 bits per heavy atom. The third-order valence-corrected chi connectivity index (χ3v) is 2.45. The molecule has 0 N–H and O–H groups in total. The number of rotatable bonds is 0. The fourth-order valence-electron chi connectivity index (χ4n) is 0.926. The van der Waals surface area contributed by atoms with Crippen molar-refractivity contribution in [2.75, 3.05) is 0 Å². The Balaban J connectivity index is 2.93. The number of aryl methyl sites for hydroxylation is 1. The first kappa shape index (κ1) is 5.86. The van der Waals surface area contributed by atoms with Crippen LogP contribution in [-0.2, 0) is 0 Å². The summed E-state index contributed by atoms with van der Waals surface area (Å²) in [6, 6.07) is 4.97. The highest BCUT2D eigenvalue weighted by Gasteiger charge is 1.97. The van der Waals surface area contributed by atoms with Crippen molar-refractivity contribution in [3.63, 3.8) is 0 Å². The van der Waals surface area contributed by atoms with Gasteiger partial charge in [-0.1, -0.05) is 0 Å². The van der Waals surface area contributed by atoms with Crippen LogP contribution >= 0.6 is 11.3 Å². The van der Waals surface area contributed by atoms with Gasteiger partial charge in [-0.15, -0.1) is 11.3 Å². The molecule has 2 heterocycles. The predicted octanol–water partition coefficient (Wildman–Crippen LogP) is 2.40. The summed E-state index contributed by atoms with van der Waals surface area (Å²) < 4.78 is 1.15. The average Bonchev–Trinajstić information content (AvgIpc) is 2.34. The second-order valence-electron chi connectivity index (χ2n) is 2.19. The van der Waals surface area contributed by atoms with E-state index in [9.17, 15) is 0 Å². The maximum absolute atomic E-state index is 4.22. The lowest BCUT2D eigenvalue weighted by Crippen LogP contribution is -1.72. The van der Waals surface area contributed by atoms with Crippen LogP contribution in [0.2, 0.25) is 0 Å². The molecule has 2 aromatic rings. The Labute approximate surface area is 63.3 Å². The lowest BCUT2D eigenvalue weighted by atomic mass is 10.3. The number of thiophene rings is 1. The molecular formula is C8H6NS. The molecule has 0 saturated heterocycles. The van der Waals surface area contributed by atoms with E-state index in [4.69, 9.17) is 0 Å². The monoisotopic (exact) mass is 148 g/mol. The van der Waals surface area contributed by atoms with E-state index in [1.54, 1.807) is 17.5 Å². The predicted molar refractivity (Wildman–Crippen MR) is 43.2 cm³/mol. The summed E-state index contributed by atoms with van der Waals surface area (Å²) in [6.45, 7) is 2.07. The lowest BCUT2D eigenvalue weighted by Gasteiger charge is -1.85. The Hall–Kier alpha value is -0.890. The van der Waals surface area contributed by atoms with Crippen LogP contribution in [0, 0.1) is 13.0 Å². The third-order valence-electron chi connectivity index (χ3n) is 1.43. The first-order chi connectivity index (χ1) is 4.88. The molecule has 0 saturated carbocycles. The molecule has 0 aliphatic heterocycles. The van der Waals surface area contributed by atoms with Crippen LogP contribution in [-0.4, -0.2) is 4.98 Å². The zero-order valence-corrected chi connectivity index (χ0v) is 6.40. The van der Waals surface area contributed by atoms with Gasteiger partial charge in [0.25, 0.3) is 0 Å². The van der Waals surface area contributed by atoms with Gasteiger partial charge in [0.1, 0.15) is 0 Å². The van der Waals surface area contributed by atoms with Crippen molar-refractivity contribution >= 4 is 21.6 Å². The molecule has 1 radical (unpaired) electrons. The van der Waals surface area contributed by atoms with Crippen LogP contribution in [0.5, 0.6) is 0 Å². The van der Waals surface area contributed by atoms with Gasteiger partial charge in [0.15, 0.2) is 0 Å². The summed E-state index contributed by atoms with van der Waals surface area (Å²) in [4.78, 5) is 4.22. The zero-order valence-electron chi connectivity index (χ0n) is 5.59. The van der Waals surface area contributed by atoms with Gasteiger partial charge in [-0.3, -0.25) is 4.98 Å². The number of fused-ring (bicyclic) bond motifs is 1. The summed E-state index contributed by atoms with van der Waals surface area (Å²) in [5.74, 6) is 0. The molecule has 1 nitrogen and oxygen atoms in total. The molecular weight excluding hydrogens is 142 g/mol. The van der Waals surface area contributed by atoms with Crippen molar-refractivity contribution in [2.24, 2.45) is 0 Å². The molecule has 0 spiro atoms. The van der Waals surface area contributed by atoms with E-state index in [0.717, 1.165) is 10.2 Å². The fourth-order valence-corrected chi connectivity index (χ4v) is 1.79. The topological polar surface area (TPSA) is 12.9 Å². The lowest BCUT2D eigenvalue weighted by molar-refractivity contribution is 1.39. The molecule has 10 heavy (non-hydrogen) atoms. The number of hydrogen-bond acceptors (Lipinski definition) is 2. The summed E-state index contributed by atoms with van der Waals surface area (Å²) in [5.41, 5.74) is 2.34. The van der Waals surface area contributed by atoms with E-state index >= 15 is 0 Å². The molecule has 0 atom stereocenters. The molecule has 0 bridgehead atoms. The van der Waals surface area contributed by atoms with E-state index in [-0.39, 0.29) is 0 Å². The number of pyridine rings is 1. The summed E-state index contributed by atoms with van der Waals surface area (Å²) in [7, 11) is 0. The minimum atomic E-state index is 1.09. The molecule has 0 aliphatic rings. The van der Waals surface area contributed by atoms with Crippen LogP contribution < -0.4 is 0 Å². The highest BCUT2D eigenvalue weighted by atomic mass is 32.1. The largest absolute Gasteiger partial charge is 0.255 e. The molecule has 0 amide bonds. The molecule has 49 valence electrons. The summed E-state index contributed by atoms with van der Waals surface area (Å²) in [6.07, 6.45) is 1.78. The normalized spacial score (nSPS) is 10.5. The van der Waals surface area contributed by atoms with Crippen LogP contribution in [0.4, 0.5) is 0 Å². The van der Waals surface area contributed by atoms with Crippen molar-refractivity contribution in [3.05, 3.63) is 29.3 Å². The Kier molecular flexibility index (Phi) is 1.21. The second-order valence-corrected chi connectivity index (χ2v) is 3.07. The molecule has 0 aromatic carbocycles. The molecule has 0 fully saturated rings. The number of hydrogen-bond donors (Lipinski definition) is 0. The fraction of sp³-hybridized carbons (Fsp3) is 0.125. The van der Waals surface area contributed by atoms with Crippen molar-refractivity contribution < 1.29 is 0 Å². The van der Waals surface area contributed by atoms with E-state index in [1.165, 1.54) is 5.56 Å². The van der Waals surface area contributed by atoms with Crippen molar-refractivity contribution in [3.8, 4) is 0 Å². The SMILES string of the molecule is Cc1csc2[c]ccnc12. The molecule has 2 rings (SSSR count). The van der Waals surface area contributed by atoms with Gasteiger partial charge in [-0.25, -0.2) is 0 Å². The van der Waals surface area contributed by atoms with Gasteiger partial charge in [0, 0.05) is 12.3 Å². The minimum Gasteiger partial charge on any atom is -0.255 e. The summed E-state index contributed by atoms with van der Waals surface area (Å²) >= 11 is 1.70. The zero-order chi connectivity index (χ0) is 6.97. The van der Waals surface area contributed by atoms with Crippen LogP contribution in [0.1, 0.15) is 5.56 Å². The first-order valence-electron chi connectivity index (χ1n) is 3.08. The minimum absolute atomic E-state index is 1.09. The van der Waals surface area contributed by atoms with Gasteiger partial charge in [-0.2, -0.15) is 0 Å². The molecule has 2 aromatic heterocycles. The molecule has 0 aliphatic carbocycles. The molecule has 2 heteroatoms. The van der Waals surface area contributed by atoms with Crippen molar-refractivity contribution in [1.82, 2.24) is 4.98 Å². The van der Waals surface area contributed by atoms with Crippen molar-refractivity contribution in [1.29, 1.82) is 0 Å². The van der Waals surface area contributed by atoms with Crippen LogP contribution in [0.3, 0.4) is 0 Å². The van der Waals surface area contributed by atoms with Gasteiger partial charge in [0.2, 0.25) is 0 Å². The highest BCUT2D eigenvalue weighted by molar-refractivity contribution is 7.17. The van der Waals surface area contributed by atoms with Gasteiger partial charge < -0.3 is 0 Å². The average molecular weight is 148 g/mol. The van der Waals surface area contributed by atoms with Crippen LogP contribution in [0.25, 0.3) is 10.2 Å². The second kappa shape index (κ2) is 2.06. The first-order valence-corrected chi connectivity index (χ1v) is 3.96. The quantitative estimate of drug-likeness (QED) is 0.559. The standard InChI is InChI=1S/C8H6NS/c1-6-5-10-7-3-2-4-9-8(6)7/h2,4-5H,1H3. The smallest absolute Gasteiger partial charge is 0.0845 e. The number of aromatic nitrogens is 1. The van der Waals surface area contributed by atoms with E-state index < -0.39 is 0 Å². The highest BCUT2D eigenvalue weighted by Crippen LogP contribution is 2.21. The molecule has 0 unspecified atom stereocenters. The number of nitrogens with zero attached hydrogens (tertiary/aromatic N) is 1. The van der Waals surface area contributed by atoms with E-state index in [2.05, 4.69) is 23.4 Å². The Morgan fingerprint density at radius 3 is 3.30 bits per heavy atom. The van der Waals surface area contributed by atoms with Crippen molar-refractivity contribution in [2.45, 2.75) is 6.92 Å². The maximum atomic E-state index is 4.22. The van der Waals surface area contributed by atoms with E-state index in [1.807, 2.05) is 6.07 Å². The van der Waals surface area contributed by atoms with Gasteiger partial charge in [-0.05, 0) is 23.9 Å².